The first kappa shape index (κ1) is 23.3. The molecule has 1 amide bonds. The maximum atomic E-state index is 12.7. The Labute approximate surface area is 210 Å². The van der Waals surface area contributed by atoms with Gasteiger partial charge in [-0.1, -0.05) is 0 Å². The molecular formula is C25H22N8O2S. The van der Waals surface area contributed by atoms with Crippen LogP contribution in [0, 0.1) is 0 Å². The monoisotopic (exact) mass is 498 g/mol. The summed E-state index contributed by atoms with van der Waals surface area (Å²) in [7, 11) is 0. The SMILES string of the molecule is CC(O)CNc1nccc(-n2ccnc2-c2ccc(NC(=O)c3csc(-c4ccncc4)n3)cc2)n1. The zero-order valence-electron chi connectivity index (χ0n) is 19.2. The molecular weight excluding hydrogens is 476 g/mol. The summed E-state index contributed by atoms with van der Waals surface area (Å²) in [5, 5.41) is 17.9. The quantitative estimate of drug-likeness (QED) is 0.294. The number of imidazole rings is 1. The predicted molar refractivity (Wildman–Crippen MR) is 138 cm³/mol. The third-order valence-corrected chi connectivity index (χ3v) is 6.04. The largest absolute Gasteiger partial charge is 0.392 e. The van der Waals surface area contributed by atoms with Crippen LogP contribution in [0.1, 0.15) is 17.4 Å². The van der Waals surface area contributed by atoms with Crippen molar-refractivity contribution in [1.82, 2.24) is 29.5 Å². The number of hydrogen-bond acceptors (Lipinski definition) is 9. The lowest BCUT2D eigenvalue weighted by molar-refractivity contribution is 0.102. The zero-order chi connectivity index (χ0) is 24.9. The molecule has 10 nitrogen and oxygen atoms in total. The Kier molecular flexibility index (Phi) is 6.74. The number of rotatable bonds is 8. The maximum Gasteiger partial charge on any atom is 0.275 e. The molecule has 3 N–H and O–H groups in total. The number of nitrogens with zero attached hydrogens (tertiary/aromatic N) is 6. The maximum absolute atomic E-state index is 12.7. The number of aromatic nitrogens is 6. The molecule has 0 saturated carbocycles. The van der Waals surface area contributed by atoms with E-state index in [1.807, 2.05) is 47.2 Å². The fraction of sp³-hybridized carbons (Fsp3) is 0.120. The van der Waals surface area contributed by atoms with Gasteiger partial charge in [0.2, 0.25) is 5.95 Å². The van der Waals surface area contributed by atoms with Crippen molar-refractivity contribution in [3.63, 3.8) is 0 Å². The van der Waals surface area contributed by atoms with Crippen LogP contribution in [-0.4, -0.2) is 53.1 Å². The van der Waals surface area contributed by atoms with Crippen LogP contribution < -0.4 is 10.6 Å². The van der Waals surface area contributed by atoms with Gasteiger partial charge in [-0.3, -0.25) is 14.3 Å². The molecule has 0 aliphatic heterocycles. The Hall–Kier alpha value is -4.48. The highest BCUT2D eigenvalue weighted by atomic mass is 32.1. The van der Waals surface area contributed by atoms with Gasteiger partial charge in [0.25, 0.3) is 5.91 Å². The van der Waals surface area contributed by atoms with E-state index in [2.05, 4.69) is 35.6 Å². The van der Waals surface area contributed by atoms with Gasteiger partial charge in [-0.05, 0) is 49.4 Å². The van der Waals surface area contributed by atoms with E-state index < -0.39 is 6.10 Å². The number of aliphatic hydroxyl groups is 1. The molecule has 0 spiro atoms. The molecule has 4 aromatic heterocycles. The molecule has 1 atom stereocenters. The topological polar surface area (TPSA) is 131 Å². The number of thiazole rings is 1. The molecule has 5 rings (SSSR count). The number of benzene rings is 1. The van der Waals surface area contributed by atoms with Crippen LogP contribution in [0.15, 0.2) is 78.8 Å². The number of nitrogens with one attached hydrogen (secondary N) is 2. The number of carbonyl (C=O) groups is 1. The summed E-state index contributed by atoms with van der Waals surface area (Å²) >= 11 is 1.41. The minimum absolute atomic E-state index is 0.279. The number of aliphatic hydroxyl groups excluding tert-OH is 1. The van der Waals surface area contributed by atoms with Gasteiger partial charge >= 0.3 is 0 Å². The second kappa shape index (κ2) is 10.4. The van der Waals surface area contributed by atoms with E-state index >= 15 is 0 Å². The molecule has 1 aromatic carbocycles. The molecule has 5 aromatic rings. The first-order valence-electron chi connectivity index (χ1n) is 11.1. The van der Waals surface area contributed by atoms with Gasteiger partial charge in [-0.2, -0.15) is 4.98 Å². The molecule has 4 heterocycles. The number of anilines is 2. The summed E-state index contributed by atoms with van der Waals surface area (Å²) in [6.07, 6.45) is 8.03. The summed E-state index contributed by atoms with van der Waals surface area (Å²) in [6.45, 7) is 2.03. The fourth-order valence-electron chi connectivity index (χ4n) is 3.41. The first-order chi connectivity index (χ1) is 17.6. The molecule has 0 fully saturated rings. The number of carbonyl (C=O) groups excluding carboxylic acids is 1. The fourth-order valence-corrected chi connectivity index (χ4v) is 4.22. The minimum Gasteiger partial charge on any atom is -0.392 e. The van der Waals surface area contributed by atoms with E-state index in [1.165, 1.54) is 11.3 Å². The molecule has 0 saturated heterocycles. The number of pyridine rings is 1. The highest BCUT2D eigenvalue weighted by molar-refractivity contribution is 7.13. The van der Waals surface area contributed by atoms with Crippen LogP contribution in [-0.2, 0) is 0 Å². The van der Waals surface area contributed by atoms with E-state index in [9.17, 15) is 9.90 Å². The molecule has 180 valence electrons. The highest BCUT2D eigenvalue weighted by Crippen LogP contribution is 2.25. The average molecular weight is 499 g/mol. The number of amides is 1. The van der Waals surface area contributed by atoms with Crippen LogP contribution in [0.5, 0.6) is 0 Å². The molecule has 0 aliphatic carbocycles. The molecule has 36 heavy (non-hydrogen) atoms. The normalized spacial score (nSPS) is 11.7. The summed E-state index contributed by atoms with van der Waals surface area (Å²) < 4.78 is 1.85. The van der Waals surface area contributed by atoms with Crippen molar-refractivity contribution in [3.8, 4) is 27.8 Å². The Bertz CT molecular complexity index is 1460. The zero-order valence-corrected chi connectivity index (χ0v) is 20.1. The smallest absolute Gasteiger partial charge is 0.275 e. The van der Waals surface area contributed by atoms with Crippen molar-refractivity contribution >= 4 is 28.9 Å². The minimum atomic E-state index is -0.515. The molecule has 1 unspecified atom stereocenters. The number of hydrogen-bond donors (Lipinski definition) is 3. The van der Waals surface area contributed by atoms with E-state index in [1.54, 1.807) is 43.2 Å². The molecule has 0 radical (unpaired) electrons. The van der Waals surface area contributed by atoms with Crippen LogP contribution in [0.3, 0.4) is 0 Å². The van der Waals surface area contributed by atoms with Gasteiger partial charge in [0.1, 0.15) is 22.3 Å². The Morgan fingerprint density at radius 1 is 1.00 bits per heavy atom. The van der Waals surface area contributed by atoms with Crippen molar-refractivity contribution < 1.29 is 9.90 Å². The summed E-state index contributed by atoms with van der Waals surface area (Å²) in [5.74, 6) is 1.46. The molecule has 0 aliphatic rings. The van der Waals surface area contributed by atoms with Crippen molar-refractivity contribution in [1.29, 1.82) is 0 Å². The van der Waals surface area contributed by atoms with Crippen molar-refractivity contribution in [3.05, 3.63) is 84.5 Å². The van der Waals surface area contributed by atoms with Crippen molar-refractivity contribution in [2.24, 2.45) is 0 Å². The third kappa shape index (κ3) is 5.27. The Morgan fingerprint density at radius 2 is 1.81 bits per heavy atom. The molecule has 0 bridgehead atoms. The first-order valence-corrected chi connectivity index (χ1v) is 12.0. The second-order valence-electron chi connectivity index (χ2n) is 7.89. The van der Waals surface area contributed by atoms with Crippen LogP contribution in [0.25, 0.3) is 27.8 Å². The lowest BCUT2D eigenvalue weighted by Gasteiger charge is -2.11. The van der Waals surface area contributed by atoms with Gasteiger partial charge in [-0.15, -0.1) is 11.3 Å². The Morgan fingerprint density at radius 3 is 2.58 bits per heavy atom. The van der Waals surface area contributed by atoms with E-state index in [-0.39, 0.29) is 5.91 Å². The van der Waals surface area contributed by atoms with Crippen LogP contribution in [0.2, 0.25) is 0 Å². The standard InChI is InChI=1S/C25H22N8O2S/c1-16(34)14-29-25-28-11-8-21(32-25)33-13-12-27-22(33)17-2-4-19(5-3-17)30-23(35)20-15-36-24(31-20)18-6-9-26-10-7-18/h2-13,15-16,34H,14H2,1H3,(H,30,35)(H,28,29,32). The second-order valence-corrected chi connectivity index (χ2v) is 8.75. The van der Waals surface area contributed by atoms with Crippen molar-refractivity contribution in [2.45, 2.75) is 13.0 Å². The highest BCUT2D eigenvalue weighted by Gasteiger charge is 2.14. The summed E-state index contributed by atoms with van der Waals surface area (Å²) in [6, 6.07) is 12.9. The van der Waals surface area contributed by atoms with E-state index in [4.69, 9.17) is 0 Å². The van der Waals surface area contributed by atoms with Gasteiger partial charge in [0.05, 0.1) is 6.10 Å². The summed E-state index contributed by atoms with van der Waals surface area (Å²) in [4.78, 5) is 34.3. The van der Waals surface area contributed by atoms with Crippen LogP contribution in [0.4, 0.5) is 11.6 Å². The lowest BCUT2D eigenvalue weighted by Crippen LogP contribution is -2.17. The molecule has 11 heteroatoms. The van der Waals surface area contributed by atoms with Gasteiger partial charge < -0.3 is 15.7 Å². The lowest BCUT2D eigenvalue weighted by atomic mass is 10.2. The van der Waals surface area contributed by atoms with E-state index in [0.29, 0.717) is 35.5 Å². The third-order valence-electron chi connectivity index (χ3n) is 5.15. The summed E-state index contributed by atoms with van der Waals surface area (Å²) in [5.41, 5.74) is 2.77. The van der Waals surface area contributed by atoms with Crippen LogP contribution >= 0.6 is 11.3 Å². The predicted octanol–water partition coefficient (Wildman–Crippen LogP) is 3.89. The van der Waals surface area contributed by atoms with E-state index in [0.717, 1.165) is 16.1 Å². The van der Waals surface area contributed by atoms with Gasteiger partial charge in [0, 0.05) is 59.7 Å². The average Bonchev–Trinajstić information content (AvgIpc) is 3.59. The van der Waals surface area contributed by atoms with Gasteiger partial charge in [-0.25, -0.2) is 15.0 Å². The Balaban J connectivity index is 1.30. The van der Waals surface area contributed by atoms with Gasteiger partial charge in [0.15, 0.2) is 0 Å². The van der Waals surface area contributed by atoms with Crippen molar-refractivity contribution in [2.75, 3.05) is 17.2 Å².